The lowest BCUT2D eigenvalue weighted by atomic mass is 10.0. The number of fused-ring (bicyclic) bond motifs is 2. The molecular formula is C17H18N2O3. The quantitative estimate of drug-likeness (QED) is 0.910. The second-order valence-electron chi connectivity index (χ2n) is 5.98. The molecule has 1 aliphatic heterocycles. The van der Waals surface area contributed by atoms with E-state index in [2.05, 4.69) is 10.6 Å². The van der Waals surface area contributed by atoms with E-state index >= 15 is 0 Å². The average Bonchev–Trinajstić information content (AvgIpc) is 3.25. The summed E-state index contributed by atoms with van der Waals surface area (Å²) in [6, 6.07) is 11.5. The smallest absolute Gasteiger partial charge is 0.289 e. The minimum Gasteiger partial charge on any atom is -0.434 e. The first kappa shape index (κ1) is 13.4. The lowest BCUT2D eigenvalue weighted by Gasteiger charge is -2.23. The molecule has 2 heterocycles. The molecule has 114 valence electrons. The first-order valence-corrected chi connectivity index (χ1v) is 7.63. The van der Waals surface area contributed by atoms with Gasteiger partial charge in [-0.1, -0.05) is 0 Å². The van der Waals surface area contributed by atoms with Crippen molar-refractivity contribution in [3.8, 4) is 11.7 Å². The fourth-order valence-corrected chi connectivity index (χ4v) is 3.38. The summed E-state index contributed by atoms with van der Waals surface area (Å²) >= 11 is 0. The highest BCUT2D eigenvalue weighted by Gasteiger charge is 2.39. The summed E-state index contributed by atoms with van der Waals surface area (Å²) in [4.78, 5) is 12.3. The lowest BCUT2D eigenvalue weighted by Crippen LogP contribution is -2.44. The number of piperidine rings is 1. The van der Waals surface area contributed by atoms with Crippen LogP contribution in [-0.2, 0) is 0 Å². The number of amides is 1. The number of benzene rings is 1. The maximum Gasteiger partial charge on any atom is 0.289 e. The van der Waals surface area contributed by atoms with Crippen molar-refractivity contribution in [3.05, 3.63) is 48.2 Å². The highest BCUT2D eigenvalue weighted by molar-refractivity contribution is 5.94. The van der Waals surface area contributed by atoms with Gasteiger partial charge in [0, 0.05) is 30.3 Å². The van der Waals surface area contributed by atoms with E-state index in [1.54, 1.807) is 42.7 Å². The molecule has 2 N–H and O–H groups in total. The van der Waals surface area contributed by atoms with E-state index in [9.17, 15) is 4.79 Å². The van der Waals surface area contributed by atoms with Crippen LogP contribution in [0.2, 0.25) is 0 Å². The maximum atomic E-state index is 12.3. The average molecular weight is 298 g/mol. The Bertz CT molecular complexity index is 651. The van der Waals surface area contributed by atoms with Crippen molar-refractivity contribution in [2.75, 3.05) is 6.54 Å². The molecule has 2 aromatic rings. The Labute approximate surface area is 128 Å². The van der Waals surface area contributed by atoms with Crippen molar-refractivity contribution >= 4 is 5.91 Å². The SMILES string of the molecule is O=C(NC1CC2CC1CN2)c1ccc(Oc2ccco2)cc1. The zero-order chi connectivity index (χ0) is 14.9. The van der Waals surface area contributed by atoms with Gasteiger partial charge in [0.15, 0.2) is 0 Å². The second-order valence-corrected chi connectivity index (χ2v) is 5.98. The Hall–Kier alpha value is -2.27. The van der Waals surface area contributed by atoms with Crippen LogP contribution in [0.25, 0.3) is 0 Å². The van der Waals surface area contributed by atoms with Crippen LogP contribution < -0.4 is 15.4 Å². The molecule has 1 aromatic heterocycles. The third-order valence-corrected chi connectivity index (χ3v) is 4.51. The zero-order valence-corrected chi connectivity index (χ0v) is 12.1. The number of carbonyl (C=O) groups excluding carboxylic acids is 1. The monoisotopic (exact) mass is 298 g/mol. The molecule has 1 aliphatic carbocycles. The van der Waals surface area contributed by atoms with Crippen LogP contribution in [-0.4, -0.2) is 24.5 Å². The standard InChI is InChI=1S/C17H18N2O3/c20-17(19-15-9-13-8-12(15)10-18-13)11-3-5-14(6-4-11)22-16-2-1-7-21-16/h1-7,12-13,15,18H,8-10H2,(H,19,20). The van der Waals surface area contributed by atoms with Crippen LogP contribution in [0.4, 0.5) is 0 Å². The molecule has 2 fully saturated rings. The number of carbonyl (C=O) groups is 1. The number of furan rings is 1. The summed E-state index contributed by atoms with van der Waals surface area (Å²) in [6.07, 6.45) is 3.78. The third kappa shape index (κ3) is 2.60. The Balaban J connectivity index is 1.38. The molecule has 5 nitrogen and oxygen atoms in total. The van der Waals surface area contributed by atoms with E-state index in [-0.39, 0.29) is 5.91 Å². The molecule has 1 saturated heterocycles. The molecular weight excluding hydrogens is 280 g/mol. The van der Waals surface area contributed by atoms with Gasteiger partial charge in [0.25, 0.3) is 11.9 Å². The maximum absolute atomic E-state index is 12.3. The van der Waals surface area contributed by atoms with Crippen LogP contribution in [0.3, 0.4) is 0 Å². The number of hydrogen-bond donors (Lipinski definition) is 2. The summed E-state index contributed by atoms with van der Waals surface area (Å²) in [5, 5.41) is 6.60. The molecule has 2 bridgehead atoms. The Morgan fingerprint density at radius 1 is 1.23 bits per heavy atom. The number of ether oxygens (including phenoxy) is 1. The summed E-state index contributed by atoms with van der Waals surface area (Å²) in [6.45, 7) is 1.02. The van der Waals surface area contributed by atoms with Gasteiger partial charge in [-0.25, -0.2) is 0 Å². The normalized spacial score (nSPS) is 26.1. The minimum absolute atomic E-state index is 0.0119. The predicted molar refractivity (Wildman–Crippen MR) is 81.0 cm³/mol. The highest BCUT2D eigenvalue weighted by Crippen LogP contribution is 2.31. The van der Waals surface area contributed by atoms with E-state index < -0.39 is 0 Å². The van der Waals surface area contributed by atoms with Gasteiger partial charge in [0.05, 0.1) is 6.26 Å². The van der Waals surface area contributed by atoms with E-state index in [0.29, 0.717) is 35.3 Å². The molecule has 0 radical (unpaired) electrons. The van der Waals surface area contributed by atoms with Crippen molar-refractivity contribution < 1.29 is 13.9 Å². The van der Waals surface area contributed by atoms with Gasteiger partial charge < -0.3 is 19.8 Å². The Morgan fingerprint density at radius 3 is 2.73 bits per heavy atom. The van der Waals surface area contributed by atoms with E-state index in [1.807, 2.05) is 0 Å². The van der Waals surface area contributed by atoms with Gasteiger partial charge in [-0.2, -0.15) is 0 Å². The van der Waals surface area contributed by atoms with Gasteiger partial charge in [0.1, 0.15) is 5.75 Å². The van der Waals surface area contributed by atoms with Crippen molar-refractivity contribution in [2.24, 2.45) is 5.92 Å². The molecule has 2 aliphatic rings. The fourth-order valence-electron chi connectivity index (χ4n) is 3.38. The minimum atomic E-state index is -0.0119. The molecule has 3 unspecified atom stereocenters. The second kappa shape index (κ2) is 5.50. The van der Waals surface area contributed by atoms with Gasteiger partial charge in [-0.3, -0.25) is 4.79 Å². The van der Waals surface area contributed by atoms with Gasteiger partial charge in [-0.05, 0) is 49.1 Å². The fraction of sp³-hybridized carbons (Fsp3) is 0.353. The zero-order valence-electron chi connectivity index (χ0n) is 12.1. The van der Waals surface area contributed by atoms with Crippen LogP contribution in [0.15, 0.2) is 47.1 Å². The van der Waals surface area contributed by atoms with Crippen LogP contribution in [0.5, 0.6) is 11.7 Å². The van der Waals surface area contributed by atoms with Crippen molar-refractivity contribution in [3.63, 3.8) is 0 Å². The van der Waals surface area contributed by atoms with Crippen LogP contribution in [0.1, 0.15) is 23.2 Å². The molecule has 3 atom stereocenters. The summed E-state index contributed by atoms with van der Waals surface area (Å²) in [5.41, 5.74) is 0.655. The lowest BCUT2D eigenvalue weighted by molar-refractivity contribution is 0.0925. The Kier molecular flexibility index (Phi) is 3.35. The number of hydrogen-bond acceptors (Lipinski definition) is 4. The summed E-state index contributed by atoms with van der Waals surface area (Å²) < 4.78 is 10.6. The molecule has 1 aromatic carbocycles. The van der Waals surface area contributed by atoms with Gasteiger partial charge in [0.2, 0.25) is 0 Å². The predicted octanol–water partition coefficient (Wildman–Crippen LogP) is 2.55. The van der Waals surface area contributed by atoms with Crippen molar-refractivity contribution in [2.45, 2.75) is 24.9 Å². The van der Waals surface area contributed by atoms with E-state index in [4.69, 9.17) is 9.15 Å². The van der Waals surface area contributed by atoms with Crippen LogP contribution >= 0.6 is 0 Å². The number of nitrogens with one attached hydrogen (secondary N) is 2. The van der Waals surface area contributed by atoms with E-state index in [0.717, 1.165) is 13.0 Å². The van der Waals surface area contributed by atoms with Gasteiger partial charge in [-0.15, -0.1) is 0 Å². The molecule has 1 saturated carbocycles. The van der Waals surface area contributed by atoms with Crippen molar-refractivity contribution in [1.82, 2.24) is 10.6 Å². The molecule has 1 amide bonds. The van der Waals surface area contributed by atoms with Gasteiger partial charge >= 0.3 is 0 Å². The largest absolute Gasteiger partial charge is 0.434 e. The van der Waals surface area contributed by atoms with Crippen molar-refractivity contribution in [1.29, 1.82) is 0 Å². The van der Waals surface area contributed by atoms with E-state index in [1.165, 1.54) is 6.42 Å². The molecule has 22 heavy (non-hydrogen) atoms. The first-order chi connectivity index (χ1) is 10.8. The molecule has 4 rings (SSSR count). The number of rotatable bonds is 4. The highest BCUT2D eigenvalue weighted by atomic mass is 16.6. The molecule has 5 heteroatoms. The van der Waals surface area contributed by atoms with Crippen LogP contribution in [0, 0.1) is 5.92 Å². The topological polar surface area (TPSA) is 63.5 Å². The first-order valence-electron chi connectivity index (χ1n) is 7.63. The third-order valence-electron chi connectivity index (χ3n) is 4.51. The summed E-state index contributed by atoms with van der Waals surface area (Å²) in [7, 11) is 0. The summed E-state index contributed by atoms with van der Waals surface area (Å²) in [5.74, 6) is 1.65. The Morgan fingerprint density at radius 2 is 2.09 bits per heavy atom. The molecule has 0 spiro atoms.